The summed E-state index contributed by atoms with van der Waals surface area (Å²) < 4.78 is 38.2. The summed E-state index contributed by atoms with van der Waals surface area (Å²) in [4.78, 5) is 13.8. The Labute approximate surface area is 126 Å². The second-order valence-electron chi connectivity index (χ2n) is 5.37. The highest BCUT2D eigenvalue weighted by Crippen LogP contribution is 2.36. The van der Waals surface area contributed by atoms with Gasteiger partial charge in [-0.15, -0.1) is 0 Å². The lowest BCUT2D eigenvalue weighted by atomic mass is 10.2. The van der Waals surface area contributed by atoms with Crippen LogP contribution in [-0.4, -0.2) is 30.4 Å². The molecule has 1 aliphatic rings. The molecule has 7 heteroatoms. The Hall–Kier alpha value is -1.27. The van der Waals surface area contributed by atoms with Gasteiger partial charge in [-0.05, 0) is 37.1 Å². The molecule has 116 valence electrons. The maximum atomic E-state index is 12.7. The van der Waals surface area contributed by atoms with Crippen molar-refractivity contribution >= 4 is 23.2 Å². The minimum atomic E-state index is -4.54. The number of amides is 1. The second-order valence-corrected chi connectivity index (χ2v) is 5.78. The standard InChI is InChI=1S/C14H16ClF3N2O/c1-9-4-5-20(7-9)8-13(21)19-10-2-3-12(15)11(6-10)14(16,17)18/h2-3,6,9H,4-5,7-8H2,1H3,(H,19,21). The number of carbonyl (C=O) groups is 1. The zero-order chi connectivity index (χ0) is 15.6. The van der Waals surface area contributed by atoms with E-state index in [1.165, 1.54) is 6.07 Å². The number of alkyl halides is 3. The zero-order valence-corrected chi connectivity index (χ0v) is 12.3. The van der Waals surface area contributed by atoms with Gasteiger partial charge in [0.15, 0.2) is 0 Å². The fourth-order valence-corrected chi connectivity index (χ4v) is 2.62. The third-order valence-corrected chi connectivity index (χ3v) is 3.76. The van der Waals surface area contributed by atoms with Crippen LogP contribution in [0.25, 0.3) is 0 Å². The third-order valence-electron chi connectivity index (χ3n) is 3.43. The maximum Gasteiger partial charge on any atom is 0.417 e. The average molecular weight is 321 g/mol. The van der Waals surface area contributed by atoms with Gasteiger partial charge in [0, 0.05) is 12.2 Å². The Balaban J connectivity index is 2.01. The van der Waals surface area contributed by atoms with Crippen LogP contribution in [0, 0.1) is 5.92 Å². The summed E-state index contributed by atoms with van der Waals surface area (Å²) in [5, 5.41) is 2.10. The summed E-state index contributed by atoms with van der Waals surface area (Å²) >= 11 is 5.53. The van der Waals surface area contributed by atoms with Crippen molar-refractivity contribution in [2.75, 3.05) is 25.0 Å². The van der Waals surface area contributed by atoms with E-state index in [0.29, 0.717) is 5.92 Å². The van der Waals surface area contributed by atoms with Crippen LogP contribution in [0.15, 0.2) is 18.2 Å². The smallest absolute Gasteiger partial charge is 0.325 e. The molecule has 1 aromatic carbocycles. The second kappa shape index (κ2) is 6.23. The number of nitrogens with zero attached hydrogens (tertiary/aromatic N) is 1. The first-order valence-corrected chi connectivity index (χ1v) is 7.02. The Morgan fingerprint density at radius 1 is 1.48 bits per heavy atom. The molecule has 0 aliphatic carbocycles. The molecule has 21 heavy (non-hydrogen) atoms. The minimum absolute atomic E-state index is 0.101. The van der Waals surface area contributed by atoms with Crippen molar-refractivity contribution in [3.63, 3.8) is 0 Å². The van der Waals surface area contributed by atoms with Gasteiger partial charge in [0.1, 0.15) is 0 Å². The normalized spacial score (nSPS) is 19.8. The molecule has 1 amide bonds. The quantitative estimate of drug-likeness (QED) is 0.922. The van der Waals surface area contributed by atoms with Gasteiger partial charge >= 0.3 is 6.18 Å². The molecule has 1 fully saturated rings. The monoisotopic (exact) mass is 320 g/mol. The van der Waals surface area contributed by atoms with Gasteiger partial charge < -0.3 is 5.32 Å². The molecule has 3 nitrogen and oxygen atoms in total. The number of halogens is 4. The lowest BCUT2D eigenvalue weighted by Gasteiger charge is -2.16. The maximum absolute atomic E-state index is 12.7. The Morgan fingerprint density at radius 3 is 2.76 bits per heavy atom. The SMILES string of the molecule is CC1CCN(CC(=O)Nc2ccc(Cl)c(C(F)(F)F)c2)C1. The van der Waals surface area contributed by atoms with Gasteiger partial charge in [0.2, 0.25) is 5.91 Å². The highest BCUT2D eigenvalue weighted by molar-refractivity contribution is 6.31. The van der Waals surface area contributed by atoms with Crippen LogP contribution in [0.2, 0.25) is 5.02 Å². The number of likely N-dealkylation sites (tertiary alicyclic amines) is 1. The Bertz CT molecular complexity index is 533. The van der Waals surface area contributed by atoms with E-state index in [1.807, 2.05) is 4.90 Å². The summed E-state index contributed by atoms with van der Waals surface area (Å²) in [5.74, 6) is 0.227. The summed E-state index contributed by atoms with van der Waals surface area (Å²) in [7, 11) is 0. The highest BCUT2D eigenvalue weighted by Gasteiger charge is 2.33. The van der Waals surface area contributed by atoms with Crippen molar-refractivity contribution in [3.8, 4) is 0 Å². The number of hydrogen-bond acceptors (Lipinski definition) is 2. The van der Waals surface area contributed by atoms with Gasteiger partial charge in [-0.3, -0.25) is 9.69 Å². The Kier molecular flexibility index (Phi) is 4.78. The molecule has 1 aromatic rings. The van der Waals surface area contributed by atoms with Crippen LogP contribution in [0.3, 0.4) is 0 Å². The van der Waals surface area contributed by atoms with E-state index in [9.17, 15) is 18.0 Å². The van der Waals surface area contributed by atoms with E-state index in [-0.39, 0.29) is 23.2 Å². The first-order valence-electron chi connectivity index (χ1n) is 6.64. The van der Waals surface area contributed by atoms with E-state index in [1.54, 1.807) is 0 Å². The fraction of sp³-hybridized carbons (Fsp3) is 0.500. The molecular formula is C14H16ClF3N2O. The predicted molar refractivity (Wildman–Crippen MR) is 75.3 cm³/mol. The van der Waals surface area contributed by atoms with Crippen molar-refractivity contribution in [2.24, 2.45) is 5.92 Å². The van der Waals surface area contributed by atoms with Crippen LogP contribution in [0.1, 0.15) is 18.9 Å². The van der Waals surface area contributed by atoms with Gasteiger partial charge in [-0.2, -0.15) is 13.2 Å². The molecule has 1 unspecified atom stereocenters. The summed E-state index contributed by atoms with van der Waals surface area (Å²) in [6, 6.07) is 3.35. The fourth-order valence-electron chi connectivity index (χ4n) is 2.39. The molecule has 0 aromatic heterocycles. The minimum Gasteiger partial charge on any atom is -0.325 e. The van der Waals surface area contributed by atoms with Gasteiger partial charge in [0.25, 0.3) is 0 Å². The lowest BCUT2D eigenvalue weighted by Crippen LogP contribution is -2.31. The van der Waals surface area contributed by atoms with Crippen molar-refractivity contribution in [2.45, 2.75) is 19.5 Å². The lowest BCUT2D eigenvalue weighted by molar-refractivity contribution is -0.137. The first kappa shape index (κ1) is 16.1. The van der Waals surface area contributed by atoms with E-state index < -0.39 is 11.7 Å². The van der Waals surface area contributed by atoms with Crippen molar-refractivity contribution in [3.05, 3.63) is 28.8 Å². The molecule has 0 spiro atoms. The molecular weight excluding hydrogens is 305 g/mol. The number of rotatable bonds is 3. The molecule has 1 N–H and O–H groups in total. The number of hydrogen-bond donors (Lipinski definition) is 1. The number of nitrogens with one attached hydrogen (secondary N) is 1. The van der Waals surface area contributed by atoms with Crippen LogP contribution in [0.4, 0.5) is 18.9 Å². The van der Waals surface area contributed by atoms with Crippen molar-refractivity contribution in [1.82, 2.24) is 4.90 Å². The zero-order valence-electron chi connectivity index (χ0n) is 11.5. The highest BCUT2D eigenvalue weighted by atomic mass is 35.5. The van der Waals surface area contributed by atoms with Crippen molar-refractivity contribution in [1.29, 1.82) is 0 Å². The predicted octanol–water partition coefficient (Wildman–Crippen LogP) is 3.64. The van der Waals surface area contributed by atoms with Crippen molar-refractivity contribution < 1.29 is 18.0 Å². The molecule has 2 rings (SSSR count). The Morgan fingerprint density at radius 2 is 2.19 bits per heavy atom. The topological polar surface area (TPSA) is 32.3 Å². The largest absolute Gasteiger partial charge is 0.417 e. The number of carbonyl (C=O) groups excluding carboxylic acids is 1. The molecule has 0 saturated carbocycles. The first-order chi connectivity index (χ1) is 9.75. The summed E-state index contributed by atoms with van der Waals surface area (Å²) in [5.41, 5.74) is -0.847. The third kappa shape index (κ3) is 4.35. The molecule has 1 atom stereocenters. The van der Waals surface area contributed by atoms with Crippen LogP contribution >= 0.6 is 11.6 Å². The van der Waals surface area contributed by atoms with Gasteiger partial charge in [-0.25, -0.2) is 0 Å². The van der Waals surface area contributed by atoms with E-state index in [2.05, 4.69) is 12.2 Å². The number of benzene rings is 1. The van der Waals surface area contributed by atoms with Gasteiger partial charge in [-0.1, -0.05) is 18.5 Å². The van der Waals surface area contributed by atoms with E-state index in [0.717, 1.165) is 31.6 Å². The summed E-state index contributed by atoms with van der Waals surface area (Å²) in [6.45, 7) is 3.96. The van der Waals surface area contributed by atoms with Crippen LogP contribution in [0.5, 0.6) is 0 Å². The molecule has 1 aliphatic heterocycles. The van der Waals surface area contributed by atoms with E-state index >= 15 is 0 Å². The molecule has 1 saturated heterocycles. The molecule has 1 heterocycles. The average Bonchev–Trinajstić information content (AvgIpc) is 2.75. The van der Waals surface area contributed by atoms with E-state index in [4.69, 9.17) is 11.6 Å². The van der Waals surface area contributed by atoms with Gasteiger partial charge in [0.05, 0.1) is 17.1 Å². The molecule has 0 bridgehead atoms. The van der Waals surface area contributed by atoms with Crippen LogP contribution in [-0.2, 0) is 11.0 Å². The molecule has 0 radical (unpaired) electrons. The number of anilines is 1. The van der Waals surface area contributed by atoms with Crippen LogP contribution < -0.4 is 5.32 Å². The summed E-state index contributed by atoms with van der Waals surface area (Å²) in [6.07, 6.45) is -3.51.